The maximum atomic E-state index is 11.5. The second-order valence-electron chi connectivity index (χ2n) is 5.65. The summed E-state index contributed by atoms with van der Waals surface area (Å²) in [4.78, 5) is 4.14. The number of sulfone groups is 1. The van der Waals surface area contributed by atoms with Crippen LogP contribution in [0.1, 0.15) is 13.8 Å². The van der Waals surface area contributed by atoms with E-state index in [2.05, 4.69) is 10.3 Å². The highest BCUT2D eigenvalue weighted by Gasteiger charge is 2.25. The molecular formula is C15H24IN3O4S. The molecule has 1 atom stereocenters. The lowest BCUT2D eigenvalue weighted by Gasteiger charge is -2.21. The molecule has 0 amide bonds. The van der Waals surface area contributed by atoms with Crippen LogP contribution in [0.25, 0.3) is 0 Å². The van der Waals surface area contributed by atoms with Gasteiger partial charge in [0, 0.05) is 5.69 Å². The maximum absolute atomic E-state index is 11.5. The molecule has 1 heterocycles. The van der Waals surface area contributed by atoms with E-state index in [0.29, 0.717) is 0 Å². The van der Waals surface area contributed by atoms with E-state index in [1.165, 1.54) is 0 Å². The second kappa shape index (κ2) is 9.42. The monoisotopic (exact) mass is 469 g/mol. The van der Waals surface area contributed by atoms with Crippen molar-refractivity contribution in [3.8, 4) is 5.75 Å². The van der Waals surface area contributed by atoms with E-state index in [4.69, 9.17) is 15.2 Å². The Balaban J connectivity index is 0.00000288. The van der Waals surface area contributed by atoms with Crippen LogP contribution in [0, 0.1) is 0 Å². The molecule has 3 N–H and O–H groups in total. The van der Waals surface area contributed by atoms with Crippen LogP contribution in [-0.2, 0) is 14.6 Å². The number of benzene rings is 1. The van der Waals surface area contributed by atoms with Crippen LogP contribution in [-0.4, -0.2) is 51.2 Å². The van der Waals surface area contributed by atoms with Crippen molar-refractivity contribution in [1.82, 2.24) is 0 Å². The molecule has 0 aromatic heterocycles. The molecular weight excluding hydrogens is 445 g/mol. The molecule has 1 saturated heterocycles. The smallest absolute Gasteiger partial charge is 0.193 e. The highest BCUT2D eigenvalue weighted by atomic mass is 127. The van der Waals surface area contributed by atoms with Crippen LogP contribution >= 0.6 is 24.0 Å². The molecule has 2 rings (SSSR count). The Bertz CT molecular complexity index is 647. The minimum Gasteiger partial charge on any atom is -0.491 e. The van der Waals surface area contributed by atoms with Gasteiger partial charge in [-0.3, -0.25) is 4.99 Å². The summed E-state index contributed by atoms with van der Waals surface area (Å²) in [7, 11) is -3.02. The fourth-order valence-corrected chi connectivity index (χ4v) is 3.42. The van der Waals surface area contributed by atoms with Gasteiger partial charge in [-0.2, -0.15) is 0 Å². The first-order valence-electron chi connectivity index (χ1n) is 7.50. The Morgan fingerprint density at radius 1 is 1.42 bits per heavy atom. The van der Waals surface area contributed by atoms with E-state index in [0.717, 1.165) is 11.4 Å². The number of aliphatic imine (C=N–C) groups is 1. The highest BCUT2D eigenvalue weighted by molar-refractivity contribution is 14.0. The number of nitrogens with two attached hydrogens (primary N) is 1. The standard InChI is InChI=1S/C15H23N3O4S.HI/c1-11(2)22-13-5-3-12(4-6-13)18-15(16)17-9-14-10-23(19,20)8-7-21-14;/h3-6,11,14H,7-10H2,1-2H3,(H3,16,17,18);1H. The van der Waals surface area contributed by atoms with Crippen molar-refractivity contribution in [2.24, 2.45) is 10.7 Å². The number of hydrogen-bond acceptors (Lipinski definition) is 5. The molecule has 0 aliphatic carbocycles. The normalized spacial score (nSPS) is 20.3. The van der Waals surface area contributed by atoms with Gasteiger partial charge in [-0.25, -0.2) is 8.42 Å². The Hall–Kier alpha value is -1.07. The maximum Gasteiger partial charge on any atom is 0.193 e. The van der Waals surface area contributed by atoms with Crippen LogP contribution in [0.4, 0.5) is 5.69 Å². The molecule has 1 fully saturated rings. The predicted molar refractivity (Wildman–Crippen MR) is 106 cm³/mol. The van der Waals surface area contributed by atoms with Crippen molar-refractivity contribution < 1.29 is 17.9 Å². The zero-order valence-corrected chi connectivity index (χ0v) is 16.9. The van der Waals surface area contributed by atoms with E-state index >= 15 is 0 Å². The summed E-state index contributed by atoms with van der Waals surface area (Å²) < 4.78 is 34.0. The summed E-state index contributed by atoms with van der Waals surface area (Å²) in [6, 6.07) is 7.35. The minimum absolute atomic E-state index is 0. The number of ether oxygens (including phenoxy) is 2. The minimum atomic E-state index is -3.02. The van der Waals surface area contributed by atoms with Crippen LogP contribution in [0.2, 0.25) is 0 Å². The number of rotatable bonds is 5. The number of nitrogens with zero attached hydrogens (tertiary/aromatic N) is 1. The number of nitrogens with one attached hydrogen (secondary N) is 1. The number of hydrogen-bond donors (Lipinski definition) is 2. The topological polar surface area (TPSA) is 103 Å². The molecule has 9 heteroatoms. The first-order chi connectivity index (χ1) is 10.8. The third kappa shape index (κ3) is 7.22. The van der Waals surface area contributed by atoms with Gasteiger partial charge in [0.15, 0.2) is 15.8 Å². The fourth-order valence-electron chi connectivity index (χ4n) is 2.14. The lowest BCUT2D eigenvalue weighted by atomic mass is 10.3. The average molecular weight is 469 g/mol. The van der Waals surface area contributed by atoms with Gasteiger partial charge < -0.3 is 20.5 Å². The largest absolute Gasteiger partial charge is 0.491 e. The number of halogens is 1. The second-order valence-corrected chi connectivity index (χ2v) is 7.88. The van der Waals surface area contributed by atoms with Gasteiger partial charge in [-0.15, -0.1) is 24.0 Å². The zero-order valence-electron chi connectivity index (χ0n) is 13.8. The Morgan fingerprint density at radius 3 is 2.67 bits per heavy atom. The van der Waals surface area contributed by atoms with Crippen LogP contribution in [0.15, 0.2) is 29.3 Å². The number of anilines is 1. The fraction of sp³-hybridized carbons (Fsp3) is 0.533. The van der Waals surface area contributed by atoms with Crippen LogP contribution in [0.5, 0.6) is 5.75 Å². The Morgan fingerprint density at radius 2 is 2.08 bits per heavy atom. The zero-order chi connectivity index (χ0) is 16.9. The molecule has 136 valence electrons. The highest BCUT2D eigenvalue weighted by Crippen LogP contribution is 2.16. The van der Waals surface area contributed by atoms with Crippen molar-refractivity contribution in [2.75, 3.05) is 30.0 Å². The number of guanidine groups is 1. The van der Waals surface area contributed by atoms with Gasteiger partial charge in [-0.05, 0) is 38.1 Å². The lowest BCUT2D eigenvalue weighted by Crippen LogP contribution is -2.37. The predicted octanol–water partition coefficient (Wildman–Crippen LogP) is 1.63. The van der Waals surface area contributed by atoms with E-state index in [1.54, 1.807) is 0 Å². The summed E-state index contributed by atoms with van der Waals surface area (Å²) in [5.74, 6) is 1.06. The van der Waals surface area contributed by atoms with Crippen molar-refractivity contribution in [1.29, 1.82) is 0 Å². The molecule has 1 unspecified atom stereocenters. The van der Waals surface area contributed by atoms with Gasteiger partial charge >= 0.3 is 0 Å². The Labute approximate surface area is 159 Å². The molecule has 24 heavy (non-hydrogen) atoms. The molecule has 7 nitrogen and oxygen atoms in total. The molecule has 1 aliphatic rings. The van der Waals surface area contributed by atoms with E-state index in [1.807, 2.05) is 38.1 Å². The van der Waals surface area contributed by atoms with Crippen molar-refractivity contribution in [2.45, 2.75) is 26.1 Å². The summed E-state index contributed by atoms with van der Waals surface area (Å²) in [5.41, 5.74) is 6.59. The third-order valence-corrected chi connectivity index (χ3v) is 4.82. The molecule has 0 bridgehead atoms. The first kappa shape index (κ1) is 21.0. The summed E-state index contributed by atoms with van der Waals surface area (Å²) >= 11 is 0. The van der Waals surface area contributed by atoms with Gasteiger partial charge in [0.1, 0.15) is 5.75 Å². The SMILES string of the molecule is CC(C)Oc1ccc(NC(N)=NCC2CS(=O)(=O)CCO2)cc1.I. The summed E-state index contributed by atoms with van der Waals surface area (Å²) in [5, 5.41) is 2.95. The molecule has 0 radical (unpaired) electrons. The van der Waals surface area contributed by atoms with Gasteiger partial charge in [-0.1, -0.05) is 0 Å². The van der Waals surface area contributed by atoms with Crippen LogP contribution < -0.4 is 15.8 Å². The average Bonchev–Trinajstić information content (AvgIpc) is 2.46. The molecule has 1 aliphatic heterocycles. The first-order valence-corrected chi connectivity index (χ1v) is 9.32. The van der Waals surface area contributed by atoms with Gasteiger partial charge in [0.05, 0.1) is 36.9 Å². The van der Waals surface area contributed by atoms with Crippen molar-refractivity contribution >= 4 is 45.5 Å². The van der Waals surface area contributed by atoms with E-state index < -0.39 is 15.9 Å². The molecule has 1 aromatic rings. The quantitative estimate of drug-likeness (QED) is 0.386. The van der Waals surface area contributed by atoms with Gasteiger partial charge in [0.2, 0.25) is 0 Å². The van der Waals surface area contributed by atoms with E-state index in [9.17, 15) is 8.42 Å². The lowest BCUT2D eigenvalue weighted by molar-refractivity contribution is 0.0783. The molecule has 0 saturated carbocycles. The summed E-state index contributed by atoms with van der Waals surface area (Å²) in [6.07, 6.45) is -0.317. The van der Waals surface area contributed by atoms with Gasteiger partial charge in [0.25, 0.3) is 0 Å². The van der Waals surface area contributed by atoms with E-state index in [-0.39, 0.29) is 60.7 Å². The molecule has 0 spiro atoms. The van der Waals surface area contributed by atoms with Crippen LogP contribution in [0.3, 0.4) is 0 Å². The third-order valence-electron chi connectivity index (χ3n) is 3.15. The summed E-state index contributed by atoms with van der Waals surface area (Å²) in [6.45, 7) is 4.36. The van der Waals surface area contributed by atoms with Crippen molar-refractivity contribution in [3.05, 3.63) is 24.3 Å². The Kier molecular flexibility index (Phi) is 8.23. The molecule has 1 aromatic carbocycles. The van der Waals surface area contributed by atoms with Crippen molar-refractivity contribution in [3.63, 3.8) is 0 Å².